The fourth-order valence-corrected chi connectivity index (χ4v) is 3.04. The molecule has 0 saturated carbocycles. The topological polar surface area (TPSA) is 15.3 Å². The third-order valence-corrected chi connectivity index (χ3v) is 4.16. The van der Waals surface area contributed by atoms with Gasteiger partial charge in [-0.2, -0.15) is 13.2 Å². The molecule has 1 aliphatic heterocycles. The third-order valence-electron chi connectivity index (χ3n) is 4.16. The highest BCUT2D eigenvalue weighted by molar-refractivity contribution is 5.63. The summed E-state index contributed by atoms with van der Waals surface area (Å²) >= 11 is 0. The highest BCUT2D eigenvalue weighted by Crippen LogP contribution is 2.38. The number of hydrogen-bond acceptors (Lipinski definition) is 2. The summed E-state index contributed by atoms with van der Waals surface area (Å²) in [6.07, 6.45) is -4.27. The smallest absolute Gasteiger partial charge is 0.314 e. The van der Waals surface area contributed by atoms with Crippen LogP contribution in [-0.2, 0) is 0 Å². The summed E-state index contributed by atoms with van der Waals surface area (Å²) in [4.78, 5) is 1.51. The Morgan fingerprint density at radius 1 is 0.826 bits per heavy atom. The molecule has 122 valence electrons. The van der Waals surface area contributed by atoms with Gasteiger partial charge < -0.3 is 5.32 Å². The van der Waals surface area contributed by atoms with Crippen LogP contribution in [0, 0.1) is 0 Å². The van der Waals surface area contributed by atoms with E-state index in [4.69, 9.17) is 0 Å². The minimum atomic E-state index is -4.27. The molecule has 1 atom stereocenters. The monoisotopic (exact) mass is 320 g/mol. The third kappa shape index (κ3) is 3.74. The van der Waals surface area contributed by atoms with Gasteiger partial charge in [0.05, 0.1) is 0 Å². The number of nitrogens with zero attached hydrogens (tertiary/aromatic N) is 1. The minimum Gasteiger partial charge on any atom is -0.314 e. The molecule has 1 fully saturated rings. The number of piperazine rings is 1. The molecule has 5 heteroatoms. The van der Waals surface area contributed by atoms with Crippen molar-refractivity contribution in [2.75, 3.05) is 26.2 Å². The summed E-state index contributed by atoms with van der Waals surface area (Å²) in [5, 5.41) is 3.09. The van der Waals surface area contributed by atoms with Crippen molar-refractivity contribution in [3.8, 4) is 11.1 Å². The molecule has 1 heterocycles. The average Bonchev–Trinajstić information content (AvgIpc) is 2.56. The van der Waals surface area contributed by atoms with Gasteiger partial charge in [-0.15, -0.1) is 0 Å². The quantitative estimate of drug-likeness (QED) is 0.924. The molecular weight excluding hydrogens is 301 g/mol. The lowest BCUT2D eigenvalue weighted by Crippen LogP contribution is -2.49. The van der Waals surface area contributed by atoms with E-state index in [9.17, 15) is 13.2 Å². The van der Waals surface area contributed by atoms with E-state index >= 15 is 0 Å². The van der Waals surface area contributed by atoms with Crippen molar-refractivity contribution in [1.82, 2.24) is 10.2 Å². The van der Waals surface area contributed by atoms with Crippen LogP contribution >= 0.6 is 0 Å². The van der Waals surface area contributed by atoms with E-state index < -0.39 is 12.2 Å². The van der Waals surface area contributed by atoms with E-state index in [0.717, 1.165) is 11.1 Å². The molecule has 23 heavy (non-hydrogen) atoms. The lowest BCUT2D eigenvalue weighted by Gasteiger charge is -2.36. The summed E-state index contributed by atoms with van der Waals surface area (Å²) in [6.45, 7) is 2.00. The van der Waals surface area contributed by atoms with Gasteiger partial charge in [-0.05, 0) is 16.7 Å². The number of nitrogens with one attached hydrogen (secondary N) is 1. The van der Waals surface area contributed by atoms with Gasteiger partial charge in [-0.25, -0.2) is 0 Å². The predicted octanol–water partition coefficient (Wildman–Crippen LogP) is 3.86. The maximum Gasteiger partial charge on any atom is 0.408 e. The molecule has 0 amide bonds. The second-order valence-electron chi connectivity index (χ2n) is 5.72. The lowest BCUT2D eigenvalue weighted by molar-refractivity contribution is -0.187. The van der Waals surface area contributed by atoms with Gasteiger partial charge in [0.25, 0.3) is 0 Å². The molecule has 0 radical (unpaired) electrons. The molecule has 0 spiro atoms. The van der Waals surface area contributed by atoms with Crippen LogP contribution < -0.4 is 5.32 Å². The Morgan fingerprint density at radius 3 is 1.96 bits per heavy atom. The van der Waals surface area contributed by atoms with Gasteiger partial charge in [0, 0.05) is 26.2 Å². The van der Waals surface area contributed by atoms with Crippen molar-refractivity contribution in [3.63, 3.8) is 0 Å². The van der Waals surface area contributed by atoms with Crippen molar-refractivity contribution in [2.24, 2.45) is 0 Å². The van der Waals surface area contributed by atoms with E-state index in [1.54, 1.807) is 24.3 Å². The van der Waals surface area contributed by atoms with Gasteiger partial charge in [0.15, 0.2) is 0 Å². The van der Waals surface area contributed by atoms with Crippen LogP contribution in [0.1, 0.15) is 11.6 Å². The zero-order chi connectivity index (χ0) is 16.3. The van der Waals surface area contributed by atoms with Crippen LogP contribution in [0.5, 0.6) is 0 Å². The fourth-order valence-electron chi connectivity index (χ4n) is 3.04. The van der Waals surface area contributed by atoms with E-state index in [2.05, 4.69) is 5.32 Å². The maximum absolute atomic E-state index is 13.6. The highest BCUT2D eigenvalue weighted by Gasteiger charge is 2.44. The second-order valence-corrected chi connectivity index (χ2v) is 5.72. The Kier molecular flexibility index (Phi) is 4.68. The molecule has 2 aromatic carbocycles. The van der Waals surface area contributed by atoms with Crippen molar-refractivity contribution < 1.29 is 13.2 Å². The zero-order valence-electron chi connectivity index (χ0n) is 12.7. The summed E-state index contributed by atoms with van der Waals surface area (Å²) < 4.78 is 40.7. The zero-order valence-corrected chi connectivity index (χ0v) is 12.7. The van der Waals surface area contributed by atoms with Gasteiger partial charge in [-0.1, -0.05) is 54.6 Å². The molecule has 1 aliphatic rings. The first-order valence-electron chi connectivity index (χ1n) is 7.72. The van der Waals surface area contributed by atoms with Crippen molar-refractivity contribution >= 4 is 0 Å². The van der Waals surface area contributed by atoms with Crippen LogP contribution in [0.15, 0.2) is 54.6 Å². The first kappa shape index (κ1) is 16.0. The number of benzene rings is 2. The van der Waals surface area contributed by atoms with Crippen LogP contribution in [0.3, 0.4) is 0 Å². The second kappa shape index (κ2) is 6.72. The Balaban J connectivity index is 1.88. The average molecular weight is 320 g/mol. The molecule has 0 unspecified atom stereocenters. The maximum atomic E-state index is 13.6. The Labute approximate surface area is 133 Å². The van der Waals surface area contributed by atoms with E-state index in [-0.39, 0.29) is 0 Å². The number of hydrogen-bond donors (Lipinski definition) is 1. The van der Waals surface area contributed by atoms with Crippen molar-refractivity contribution in [2.45, 2.75) is 12.2 Å². The summed E-state index contributed by atoms with van der Waals surface area (Å²) in [5.41, 5.74) is 2.24. The Bertz CT molecular complexity index is 617. The highest BCUT2D eigenvalue weighted by atomic mass is 19.4. The molecule has 0 aromatic heterocycles. The first-order valence-corrected chi connectivity index (χ1v) is 7.72. The predicted molar refractivity (Wildman–Crippen MR) is 85.1 cm³/mol. The first-order chi connectivity index (χ1) is 11.1. The standard InChI is InChI=1S/C18H19F3N2/c19-18(20,21)17(23-12-10-22-11-13-23)16-8-6-15(7-9-16)14-4-2-1-3-5-14/h1-9,17,22H,10-13H2/t17-/m0/s1. The molecule has 1 saturated heterocycles. The van der Waals surface area contributed by atoms with Crippen LogP contribution in [0.2, 0.25) is 0 Å². The lowest BCUT2D eigenvalue weighted by atomic mass is 9.99. The number of halogens is 3. The molecular formula is C18H19F3N2. The normalized spacial score (nSPS) is 17.9. The summed E-state index contributed by atoms with van der Waals surface area (Å²) in [6, 6.07) is 14.9. The number of alkyl halides is 3. The van der Waals surface area contributed by atoms with Gasteiger partial charge in [0.1, 0.15) is 6.04 Å². The fraction of sp³-hybridized carbons (Fsp3) is 0.333. The van der Waals surface area contributed by atoms with Crippen LogP contribution in [0.25, 0.3) is 11.1 Å². The molecule has 2 aromatic rings. The minimum absolute atomic E-state index is 0.305. The van der Waals surface area contributed by atoms with Crippen molar-refractivity contribution in [1.29, 1.82) is 0 Å². The largest absolute Gasteiger partial charge is 0.408 e. The Morgan fingerprint density at radius 2 is 1.39 bits per heavy atom. The van der Waals surface area contributed by atoms with Crippen LogP contribution in [-0.4, -0.2) is 37.3 Å². The van der Waals surface area contributed by atoms with Gasteiger partial charge in [-0.3, -0.25) is 4.90 Å². The van der Waals surface area contributed by atoms with Gasteiger partial charge >= 0.3 is 6.18 Å². The molecule has 1 N–H and O–H groups in total. The van der Waals surface area contributed by atoms with Gasteiger partial charge in [0.2, 0.25) is 0 Å². The SMILES string of the molecule is FC(F)(F)[C@H](c1ccc(-c2ccccc2)cc1)N1CCNCC1. The molecule has 0 bridgehead atoms. The Hall–Kier alpha value is -1.85. The van der Waals surface area contributed by atoms with E-state index in [1.165, 1.54) is 4.90 Å². The van der Waals surface area contributed by atoms with Crippen molar-refractivity contribution in [3.05, 3.63) is 60.2 Å². The molecule has 2 nitrogen and oxygen atoms in total. The summed E-state index contributed by atoms with van der Waals surface area (Å²) in [7, 11) is 0. The number of rotatable bonds is 3. The van der Waals surface area contributed by atoms with E-state index in [1.807, 2.05) is 30.3 Å². The van der Waals surface area contributed by atoms with Crippen LogP contribution in [0.4, 0.5) is 13.2 Å². The molecule has 0 aliphatic carbocycles. The van der Waals surface area contributed by atoms with E-state index in [0.29, 0.717) is 31.7 Å². The summed E-state index contributed by atoms with van der Waals surface area (Å²) in [5.74, 6) is 0. The molecule has 3 rings (SSSR count).